The van der Waals surface area contributed by atoms with E-state index in [1.807, 2.05) is 0 Å². The first-order chi connectivity index (χ1) is 8.93. The van der Waals surface area contributed by atoms with Crippen LogP contribution in [-0.2, 0) is 0 Å². The van der Waals surface area contributed by atoms with Crippen molar-refractivity contribution in [1.82, 2.24) is 10.6 Å². The van der Waals surface area contributed by atoms with Crippen LogP contribution in [0.2, 0.25) is 0 Å². The molecule has 2 heteroatoms. The molecule has 1 heterocycles. The van der Waals surface area contributed by atoms with E-state index in [4.69, 9.17) is 0 Å². The molecule has 2 aliphatic carbocycles. The quantitative estimate of drug-likeness (QED) is 0.815. The molecule has 3 fully saturated rings. The molecule has 3 rings (SSSR count). The lowest BCUT2D eigenvalue weighted by Crippen LogP contribution is -2.39. The van der Waals surface area contributed by atoms with Gasteiger partial charge >= 0.3 is 0 Å². The van der Waals surface area contributed by atoms with Crippen LogP contribution in [0.25, 0.3) is 0 Å². The van der Waals surface area contributed by atoms with Crippen LogP contribution in [-0.4, -0.2) is 25.2 Å². The molecule has 1 saturated heterocycles. The van der Waals surface area contributed by atoms with Crippen molar-refractivity contribution >= 4 is 0 Å². The van der Waals surface area contributed by atoms with Crippen molar-refractivity contribution in [2.45, 2.75) is 71.9 Å². The molecule has 0 aromatic heterocycles. The van der Waals surface area contributed by atoms with Gasteiger partial charge in [-0.15, -0.1) is 0 Å². The summed E-state index contributed by atoms with van der Waals surface area (Å²) >= 11 is 0. The largest absolute Gasteiger partial charge is 0.315 e. The SMILES string of the molecule is CC1(C)C(CNCC2CC3CCCCC3N2)C1(C)C. The van der Waals surface area contributed by atoms with E-state index in [2.05, 4.69) is 38.3 Å². The van der Waals surface area contributed by atoms with Crippen LogP contribution >= 0.6 is 0 Å². The van der Waals surface area contributed by atoms with Crippen molar-refractivity contribution in [2.24, 2.45) is 22.7 Å². The molecule has 19 heavy (non-hydrogen) atoms. The third-order valence-corrected chi connectivity index (χ3v) is 7.00. The van der Waals surface area contributed by atoms with Gasteiger partial charge in [0.1, 0.15) is 0 Å². The first kappa shape index (κ1) is 13.9. The average Bonchev–Trinajstić information content (AvgIpc) is 2.68. The second-order valence-electron chi connectivity index (χ2n) is 8.40. The van der Waals surface area contributed by atoms with Crippen LogP contribution in [0, 0.1) is 22.7 Å². The molecule has 110 valence electrons. The Hall–Kier alpha value is -0.0800. The normalized spacial score (nSPS) is 40.1. The first-order valence-electron chi connectivity index (χ1n) is 8.39. The summed E-state index contributed by atoms with van der Waals surface area (Å²) in [5, 5.41) is 7.61. The Labute approximate surface area is 119 Å². The lowest BCUT2D eigenvalue weighted by atomic mass is 9.85. The monoisotopic (exact) mass is 264 g/mol. The van der Waals surface area contributed by atoms with Gasteiger partial charge in [0.2, 0.25) is 0 Å². The second-order valence-corrected chi connectivity index (χ2v) is 8.40. The molecule has 2 N–H and O–H groups in total. The highest BCUT2D eigenvalue weighted by Gasteiger charge is 2.63. The minimum Gasteiger partial charge on any atom is -0.315 e. The summed E-state index contributed by atoms with van der Waals surface area (Å²) in [7, 11) is 0. The first-order valence-corrected chi connectivity index (χ1v) is 8.39. The number of hydrogen-bond acceptors (Lipinski definition) is 2. The summed E-state index contributed by atoms with van der Waals surface area (Å²) in [5.74, 6) is 1.83. The number of fused-ring (bicyclic) bond motifs is 1. The Morgan fingerprint density at radius 3 is 2.32 bits per heavy atom. The fourth-order valence-corrected chi connectivity index (χ4v) is 4.83. The van der Waals surface area contributed by atoms with Crippen LogP contribution in [0.15, 0.2) is 0 Å². The van der Waals surface area contributed by atoms with Gasteiger partial charge in [-0.25, -0.2) is 0 Å². The third kappa shape index (κ3) is 2.35. The van der Waals surface area contributed by atoms with E-state index < -0.39 is 0 Å². The third-order valence-electron chi connectivity index (χ3n) is 7.00. The van der Waals surface area contributed by atoms with Crippen LogP contribution < -0.4 is 10.6 Å². The van der Waals surface area contributed by atoms with E-state index in [0.717, 1.165) is 23.9 Å². The van der Waals surface area contributed by atoms with Crippen molar-refractivity contribution in [3.63, 3.8) is 0 Å². The van der Waals surface area contributed by atoms with Crippen molar-refractivity contribution < 1.29 is 0 Å². The second kappa shape index (κ2) is 4.73. The molecular formula is C17H32N2. The highest BCUT2D eigenvalue weighted by molar-refractivity contribution is 5.12. The molecule has 0 spiro atoms. The summed E-state index contributed by atoms with van der Waals surface area (Å²) < 4.78 is 0. The van der Waals surface area contributed by atoms with Crippen molar-refractivity contribution in [3.05, 3.63) is 0 Å². The maximum absolute atomic E-state index is 3.87. The molecule has 3 aliphatic rings. The van der Waals surface area contributed by atoms with E-state index >= 15 is 0 Å². The molecular weight excluding hydrogens is 232 g/mol. The van der Waals surface area contributed by atoms with E-state index in [1.165, 1.54) is 45.2 Å². The minimum absolute atomic E-state index is 0.525. The molecule has 0 aromatic rings. The molecule has 2 nitrogen and oxygen atoms in total. The van der Waals surface area contributed by atoms with Gasteiger partial charge < -0.3 is 10.6 Å². The summed E-state index contributed by atoms with van der Waals surface area (Å²) in [4.78, 5) is 0. The van der Waals surface area contributed by atoms with E-state index in [0.29, 0.717) is 10.8 Å². The molecule has 3 unspecified atom stereocenters. The van der Waals surface area contributed by atoms with Gasteiger partial charge in [0.15, 0.2) is 0 Å². The summed E-state index contributed by atoms with van der Waals surface area (Å²) in [6.45, 7) is 12.1. The molecule has 1 aliphatic heterocycles. The van der Waals surface area contributed by atoms with Crippen molar-refractivity contribution in [2.75, 3.05) is 13.1 Å². The van der Waals surface area contributed by atoms with Crippen molar-refractivity contribution in [3.8, 4) is 0 Å². The predicted octanol–water partition coefficient (Wildman–Crippen LogP) is 3.18. The lowest BCUT2D eigenvalue weighted by molar-refractivity contribution is 0.325. The highest BCUT2D eigenvalue weighted by atomic mass is 15.1. The fraction of sp³-hybridized carbons (Fsp3) is 1.00. The Balaban J connectivity index is 1.40. The van der Waals surface area contributed by atoms with E-state index in [1.54, 1.807) is 0 Å². The summed E-state index contributed by atoms with van der Waals surface area (Å²) in [6, 6.07) is 1.58. The predicted molar refractivity (Wildman–Crippen MR) is 81.2 cm³/mol. The highest BCUT2D eigenvalue weighted by Crippen LogP contribution is 2.67. The number of hydrogen-bond donors (Lipinski definition) is 2. The van der Waals surface area contributed by atoms with Gasteiger partial charge in [-0.05, 0) is 48.5 Å². The van der Waals surface area contributed by atoms with Crippen LogP contribution in [0.5, 0.6) is 0 Å². The van der Waals surface area contributed by atoms with Gasteiger partial charge in [-0.3, -0.25) is 0 Å². The Morgan fingerprint density at radius 1 is 1.00 bits per heavy atom. The summed E-state index contributed by atoms with van der Waals surface area (Å²) in [5.41, 5.74) is 1.05. The fourth-order valence-electron chi connectivity index (χ4n) is 4.83. The molecule has 0 aromatic carbocycles. The number of nitrogens with one attached hydrogen (secondary N) is 2. The maximum atomic E-state index is 3.87. The molecule has 0 radical (unpaired) electrons. The van der Waals surface area contributed by atoms with Gasteiger partial charge in [0.25, 0.3) is 0 Å². The van der Waals surface area contributed by atoms with Crippen LogP contribution in [0.3, 0.4) is 0 Å². The van der Waals surface area contributed by atoms with E-state index in [-0.39, 0.29) is 0 Å². The molecule has 2 saturated carbocycles. The standard InChI is InChI=1S/C17H32N2/c1-16(2)15(17(16,3)4)11-18-10-13-9-12-7-5-6-8-14(12)19-13/h12-15,18-19H,5-11H2,1-4H3. The molecule has 0 bridgehead atoms. The summed E-state index contributed by atoms with van der Waals surface area (Å²) in [6.07, 6.45) is 7.21. The zero-order chi connectivity index (χ0) is 13.7. The maximum Gasteiger partial charge on any atom is 0.0198 e. The van der Waals surface area contributed by atoms with Gasteiger partial charge in [-0.2, -0.15) is 0 Å². The number of rotatable bonds is 4. The van der Waals surface area contributed by atoms with Gasteiger partial charge in [-0.1, -0.05) is 40.5 Å². The zero-order valence-electron chi connectivity index (χ0n) is 13.3. The molecule has 3 atom stereocenters. The molecule has 0 amide bonds. The van der Waals surface area contributed by atoms with E-state index in [9.17, 15) is 0 Å². The topological polar surface area (TPSA) is 24.1 Å². The lowest BCUT2D eigenvalue weighted by Gasteiger charge is -2.24. The zero-order valence-corrected chi connectivity index (χ0v) is 13.3. The van der Waals surface area contributed by atoms with Gasteiger partial charge in [0, 0.05) is 18.6 Å². The van der Waals surface area contributed by atoms with Crippen LogP contribution in [0.4, 0.5) is 0 Å². The minimum atomic E-state index is 0.525. The van der Waals surface area contributed by atoms with Crippen molar-refractivity contribution in [1.29, 1.82) is 0 Å². The van der Waals surface area contributed by atoms with Crippen LogP contribution in [0.1, 0.15) is 59.8 Å². The van der Waals surface area contributed by atoms with Gasteiger partial charge in [0.05, 0.1) is 0 Å². The smallest absolute Gasteiger partial charge is 0.0198 e. The Morgan fingerprint density at radius 2 is 1.68 bits per heavy atom. The Bertz CT molecular complexity index is 306. The Kier molecular flexibility index (Phi) is 3.46. The average molecular weight is 264 g/mol.